The topological polar surface area (TPSA) is 86.5 Å². The maximum atomic E-state index is 12.5. The zero-order valence-electron chi connectivity index (χ0n) is 15.6. The highest BCUT2D eigenvalue weighted by Gasteiger charge is 2.19. The summed E-state index contributed by atoms with van der Waals surface area (Å²) in [5, 5.41) is 6.63. The molecule has 0 spiro atoms. The number of rotatable bonds is 6. The summed E-state index contributed by atoms with van der Waals surface area (Å²) in [6.45, 7) is 3.85. The molecule has 7 nitrogen and oxygen atoms in total. The maximum Gasteiger partial charge on any atom is 0.293 e. The van der Waals surface area contributed by atoms with Crippen LogP contribution in [0.5, 0.6) is 11.5 Å². The van der Waals surface area contributed by atoms with Gasteiger partial charge in [-0.3, -0.25) is 4.79 Å². The molecule has 7 heteroatoms. The van der Waals surface area contributed by atoms with Crippen LogP contribution < -0.4 is 14.8 Å². The smallest absolute Gasteiger partial charge is 0.293 e. The summed E-state index contributed by atoms with van der Waals surface area (Å²) in [4.78, 5) is 16.6. The molecular weight excluding hydrogens is 346 g/mol. The van der Waals surface area contributed by atoms with Gasteiger partial charge in [0.05, 0.1) is 20.3 Å². The number of carbonyl (C=O) groups is 1. The lowest BCUT2D eigenvalue weighted by atomic mass is 10.1. The van der Waals surface area contributed by atoms with Gasteiger partial charge in [-0.15, -0.1) is 0 Å². The van der Waals surface area contributed by atoms with E-state index in [1.54, 1.807) is 20.3 Å². The van der Waals surface area contributed by atoms with Crippen LogP contribution in [-0.2, 0) is 0 Å². The number of carbonyl (C=O) groups excluding carboxylic acids is 1. The average Bonchev–Trinajstić information content (AvgIpc) is 3.18. The predicted octanol–water partition coefficient (Wildman–Crippen LogP) is 3.55. The highest BCUT2D eigenvalue weighted by Crippen LogP contribution is 2.30. The van der Waals surface area contributed by atoms with Crippen molar-refractivity contribution in [3.05, 3.63) is 59.4 Å². The van der Waals surface area contributed by atoms with Crippen molar-refractivity contribution in [2.45, 2.75) is 19.9 Å². The second kappa shape index (κ2) is 7.90. The molecule has 1 N–H and O–H groups in total. The number of nitrogens with zero attached hydrogens (tertiary/aromatic N) is 2. The standard InChI is InChI=1S/C20H21N3O4/c1-12-5-7-14(8-6-12)20-22-18(23-27-20)19(24)21-13(2)15-9-10-16(25-3)17(11-15)26-4/h5-11,13H,1-4H3,(H,21,24). The van der Waals surface area contributed by atoms with Crippen LogP contribution in [-0.4, -0.2) is 30.3 Å². The minimum Gasteiger partial charge on any atom is -0.493 e. The molecule has 1 unspecified atom stereocenters. The average molecular weight is 367 g/mol. The highest BCUT2D eigenvalue weighted by molar-refractivity contribution is 5.90. The summed E-state index contributed by atoms with van der Waals surface area (Å²) in [7, 11) is 3.14. The number of aromatic nitrogens is 2. The lowest BCUT2D eigenvalue weighted by Gasteiger charge is -2.15. The van der Waals surface area contributed by atoms with E-state index in [1.807, 2.05) is 50.2 Å². The molecule has 0 aliphatic carbocycles. The Morgan fingerprint density at radius 3 is 2.44 bits per heavy atom. The summed E-state index contributed by atoms with van der Waals surface area (Å²) in [6, 6.07) is 12.8. The molecule has 0 radical (unpaired) electrons. The van der Waals surface area contributed by atoms with Gasteiger partial charge in [0.15, 0.2) is 11.5 Å². The molecule has 0 saturated heterocycles. The number of hydrogen-bond donors (Lipinski definition) is 1. The molecule has 0 bridgehead atoms. The Morgan fingerprint density at radius 2 is 1.78 bits per heavy atom. The largest absolute Gasteiger partial charge is 0.493 e. The third-order valence-corrected chi connectivity index (χ3v) is 4.18. The number of benzene rings is 2. The Labute approximate surface area is 157 Å². The summed E-state index contributed by atoms with van der Waals surface area (Å²) in [5.41, 5.74) is 2.75. The second-order valence-electron chi connectivity index (χ2n) is 6.10. The molecule has 0 aliphatic rings. The van der Waals surface area contributed by atoms with Crippen molar-refractivity contribution in [3.8, 4) is 23.0 Å². The van der Waals surface area contributed by atoms with Gasteiger partial charge in [0, 0.05) is 5.56 Å². The first-order valence-corrected chi connectivity index (χ1v) is 8.45. The SMILES string of the molecule is COc1ccc(C(C)NC(=O)c2noc(-c3ccc(C)cc3)n2)cc1OC. The van der Waals surface area contributed by atoms with Crippen LogP contribution in [0.15, 0.2) is 47.0 Å². The van der Waals surface area contributed by atoms with E-state index in [2.05, 4.69) is 15.5 Å². The van der Waals surface area contributed by atoms with E-state index in [0.717, 1.165) is 16.7 Å². The molecule has 1 heterocycles. The number of aryl methyl sites for hydroxylation is 1. The third-order valence-electron chi connectivity index (χ3n) is 4.18. The number of ether oxygens (including phenoxy) is 2. The Bertz CT molecular complexity index is 935. The van der Waals surface area contributed by atoms with Crippen LogP contribution in [0.4, 0.5) is 0 Å². The molecule has 1 atom stereocenters. The molecule has 3 rings (SSSR count). The number of amides is 1. The summed E-state index contributed by atoms with van der Waals surface area (Å²) >= 11 is 0. The third kappa shape index (κ3) is 4.08. The Balaban J connectivity index is 1.73. The van der Waals surface area contributed by atoms with Gasteiger partial charge in [-0.05, 0) is 43.7 Å². The zero-order valence-corrected chi connectivity index (χ0v) is 15.6. The van der Waals surface area contributed by atoms with Crippen molar-refractivity contribution >= 4 is 5.91 Å². The predicted molar refractivity (Wildman–Crippen MR) is 99.9 cm³/mol. The lowest BCUT2D eigenvalue weighted by Crippen LogP contribution is -2.27. The fourth-order valence-electron chi connectivity index (χ4n) is 2.60. The molecule has 27 heavy (non-hydrogen) atoms. The zero-order chi connectivity index (χ0) is 19.4. The highest BCUT2D eigenvalue weighted by atomic mass is 16.5. The fraction of sp³-hybridized carbons (Fsp3) is 0.250. The monoisotopic (exact) mass is 367 g/mol. The first-order chi connectivity index (χ1) is 13.0. The summed E-state index contributed by atoms with van der Waals surface area (Å²) in [6.07, 6.45) is 0. The van der Waals surface area contributed by atoms with E-state index in [4.69, 9.17) is 14.0 Å². The molecule has 2 aromatic carbocycles. The van der Waals surface area contributed by atoms with Gasteiger partial charge in [-0.25, -0.2) is 0 Å². The van der Waals surface area contributed by atoms with E-state index in [0.29, 0.717) is 17.4 Å². The quantitative estimate of drug-likeness (QED) is 0.717. The minimum atomic E-state index is -0.417. The van der Waals surface area contributed by atoms with Gasteiger partial charge in [-0.2, -0.15) is 4.98 Å². The van der Waals surface area contributed by atoms with Crippen LogP contribution in [0.2, 0.25) is 0 Å². The van der Waals surface area contributed by atoms with Gasteiger partial charge in [0.2, 0.25) is 0 Å². The van der Waals surface area contributed by atoms with Gasteiger partial charge in [-0.1, -0.05) is 28.9 Å². The van der Waals surface area contributed by atoms with Crippen molar-refractivity contribution in [2.24, 2.45) is 0 Å². The van der Waals surface area contributed by atoms with Crippen LogP contribution in [0, 0.1) is 6.92 Å². The van der Waals surface area contributed by atoms with Crippen molar-refractivity contribution in [1.82, 2.24) is 15.5 Å². The van der Waals surface area contributed by atoms with Gasteiger partial charge < -0.3 is 19.3 Å². The Hall–Kier alpha value is -3.35. The van der Waals surface area contributed by atoms with Crippen LogP contribution >= 0.6 is 0 Å². The second-order valence-corrected chi connectivity index (χ2v) is 6.10. The molecule has 0 saturated carbocycles. The van der Waals surface area contributed by atoms with E-state index >= 15 is 0 Å². The molecule has 1 amide bonds. The summed E-state index contributed by atoms with van der Waals surface area (Å²) in [5.74, 6) is 1.09. The lowest BCUT2D eigenvalue weighted by molar-refractivity contribution is 0.0926. The van der Waals surface area contributed by atoms with E-state index in [9.17, 15) is 4.79 Å². The first-order valence-electron chi connectivity index (χ1n) is 8.45. The normalized spacial score (nSPS) is 11.7. The molecule has 140 valence electrons. The van der Waals surface area contributed by atoms with Crippen molar-refractivity contribution < 1.29 is 18.8 Å². The van der Waals surface area contributed by atoms with E-state index < -0.39 is 5.91 Å². The van der Waals surface area contributed by atoms with Crippen LogP contribution in [0.25, 0.3) is 11.5 Å². The van der Waals surface area contributed by atoms with E-state index in [-0.39, 0.29) is 11.9 Å². The minimum absolute atomic E-state index is 0.0158. The van der Waals surface area contributed by atoms with Gasteiger partial charge in [0.1, 0.15) is 0 Å². The van der Waals surface area contributed by atoms with Crippen LogP contribution in [0.3, 0.4) is 0 Å². The molecule has 0 aliphatic heterocycles. The maximum absolute atomic E-state index is 12.5. The molecule has 0 fully saturated rings. The van der Waals surface area contributed by atoms with Crippen LogP contribution in [0.1, 0.15) is 34.7 Å². The number of hydrogen-bond acceptors (Lipinski definition) is 6. The van der Waals surface area contributed by atoms with Gasteiger partial charge >= 0.3 is 0 Å². The van der Waals surface area contributed by atoms with Crippen molar-refractivity contribution in [2.75, 3.05) is 14.2 Å². The first kappa shape index (κ1) is 18.4. The number of nitrogens with one attached hydrogen (secondary N) is 1. The Morgan fingerprint density at radius 1 is 1.07 bits per heavy atom. The van der Waals surface area contributed by atoms with E-state index in [1.165, 1.54) is 0 Å². The fourth-order valence-corrected chi connectivity index (χ4v) is 2.60. The molecule has 1 aromatic heterocycles. The van der Waals surface area contributed by atoms with Gasteiger partial charge in [0.25, 0.3) is 17.6 Å². The summed E-state index contributed by atoms with van der Waals surface area (Å²) < 4.78 is 15.7. The van der Waals surface area contributed by atoms with Crippen molar-refractivity contribution in [3.63, 3.8) is 0 Å². The number of methoxy groups -OCH3 is 2. The van der Waals surface area contributed by atoms with Crippen molar-refractivity contribution in [1.29, 1.82) is 0 Å². The molecular formula is C20H21N3O4. The molecule has 3 aromatic rings. The Kier molecular flexibility index (Phi) is 5.40.